The number of halogens is 2. The molecule has 4 rings (SSSR count). The first-order chi connectivity index (χ1) is 16.9. The first-order valence-electron chi connectivity index (χ1n) is 11.6. The minimum absolute atomic E-state index is 0.0227. The van der Waals surface area contributed by atoms with Crippen molar-refractivity contribution in [1.82, 2.24) is 14.9 Å². The highest BCUT2D eigenvalue weighted by Crippen LogP contribution is 2.38. The number of pyridine rings is 2. The van der Waals surface area contributed by atoms with Crippen LogP contribution in [0.2, 0.25) is 10.0 Å². The molecule has 1 fully saturated rings. The molecule has 0 saturated carbocycles. The van der Waals surface area contributed by atoms with Crippen molar-refractivity contribution < 1.29 is 9.53 Å². The van der Waals surface area contributed by atoms with E-state index in [9.17, 15) is 4.79 Å². The second-order valence-electron chi connectivity index (χ2n) is 8.73. The number of nitriles is 1. The van der Waals surface area contributed by atoms with Gasteiger partial charge in [0, 0.05) is 43.2 Å². The molecule has 6 nitrogen and oxygen atoms in total. The highest BCUT2D eigenvalue weighted by atomic mass is 35.5. The van der Waals surface area contributed by atoms with Crippen LogP contribution in [0.1, 0.15) is 52.0 Å². The fraction of sp³-hybridized carbons (Fsp3) is 0.333. The van der Waals surface area contributed by atoms with E-state index in [1.807, 2.05) is 36.1 Å². The van der Waals surface area contributed by atoms with Crippen LogP contribution >= 0.6 is 23.2 Å². The lowest BCUT2D eigenvalue weighted by molar-refractivity contribution is 0.0783. The number of carbonyl (C=O) groups excluding carboxylic acids is 1. The molecule has 1 aromatic carbocycles. The molecule has 3 heterocycles. The zero-order chi connectivity index (χ0) is 24.9. The third-order valence-corrected chi connectivity index (χ3v) is 7.21. The van der Waals surface area contributed by atoms with E-state index in [0.717, 1.165) is 29.7 Å². The van der Waals surface area contributed by atoms with Gasteiger partial charge in [-0.15, -0.1) is 0 Å². The average Bonchev–Trinajstić information content (AvgIpc) is 3.29. The number of aryl methyl sites for hydroxylation is 2. The van der Waals surface area contributed by atoms with Crippen molar-refractivity contribution in [3.05, 3.63) is 86.8 Å². The van der Waals surface area contributed by atoms with Crippen molar-refractivity contribution in [3.63, 3.8) is 0 Å². The normalized spacial score (nSPS) is 17.3. The monoisotopic (exact) mass is 508 g/mol. The quantitative estimate of drug-likeness (QED) is 0.399. The standard InChI is InChI=1S/C27H26Cl2N4O2/c1-3-25-17(2)10-21(14-31-25)27(34)33-15-20(8-9-35-26-7-4-18(12-30)13-32-26)22(16-33)19-5-6-23(28)24(29)11-19/h4-7,10-11,13-14,20,22H,3,8-9,15-16H2,1-2H3. The molecule has 180 valence electrons. The lowest BCUT2D eigenvalue weighted by atomic mass is 9.87. The van der Waals surface area contributed by atoms with E-state index < -0.39 is 0 Å². The van der Waals surface area contributed by atoms with Crippen LogP contribution in [0.5, 0.6) is 5.88 Å². The average molecular weight is 509 g/mol. The van der Waals surface area contributed by atoms with Gasteiger partial charge in [0.2, 0.25) is 5.88 Å². The SMILES string of the molecule is CCc1ncc(C(=O)N2CC(CCOc3ccc(C#N)cn3)C(c3ccc(Cl)c(Cl)c3)C2)cc1C. The van der Waals surface area contributed by atoms with E-state index in [0.29, 0.717) is 46.7 Å². The maximum Gasteiger partial charge on any atom is 0.255 e. The Bertz CT molecular complexity index is 1260. The Morgan fingerprint density at radius 2 is 1.97 bits per heavy atom. The minimum atomic E-state index is -0.0227. The number of nitrogens with zero attached hydrogens (tertiary/aromatic N) is 4. The number of likely N-dealkylation sites (tertiary alicyclic amines) is 1. The van der Waals surface area contributed by atoms with Gasteiger partial charge in [0.1, 0.15) is 6.07 Å². The Hall–Kier alpha value is -3.14. The second kappa shape index (κ2) is 11.1. The van der Waals surface area contributed by atoms with Gasteiger partial charge < -0.3 is 9.64 Å². The number of aromatic nitrogens is 2. The Balaban J connectivity index is 1.51. The number of ether oxygens (including phenoxy) is 1. The third kappa shape index (κ3) is 5.75. The van der Waals surface area contributed by atoms with E-state index in [1.165, 1.54) is 6.20 Å². The number of benzene rings is 1. The summed E-state index contributed by atoms with van der Waals surface area (Å²) in [4.78, 5) is 23.9. The molecular formula is C27H26Cl2N4O2. The molecule has 8 heteroatoms. The highest BCUT2D eigenvalue weighted by molar-refractivity contribution is 6.42. The molecule has 2 unspecified atom stereocenters. The lowest BCUT2D eigenvalue weighted by Crippen LogP contribution is -2.29. The van der Waals surface area contributed by atoms with Crippen LogP contribution in [-0.4, -0.2) is 40.5 Å². The zero-order valence-electron chi connectivity index (χ0n) is 19.7. The van der Waals surface area contributed by atoms with Crippen molar-refractivity contribution in [2.45, 2.75) is 32.6 Å². The molecule has 1 amide bonds. The van der Waals surface area contributed by atoms with Gasteiger partial charge in [0.25, 0.3) is 5.91 Å². The van der Waals surface area contributed by atoms with E-state index in [4.69, 9.17) is 33.2 Å². The summed E-state index contributed by atoms with van der Waals surface area (Å²) < 4.78 is 5.83. The van der Waals surface area contributed by atoms with Gasteiger partial charge in [0.05, 0.1) is 27.8 Å². The number of hydrogen-bond acceptors (Lipinski definition) is 5. The molecule has 0 radical (unpaired) electrons. The number of rotatable bonds is 7. The molecule has 1 aliphatic rings. The van der Waals surface area contributed by atoms with Crippen molar-refractivity contribution in [2.75, 3.05) is 19.7 Å². The van der Waals surface area contributed by atoms with Crippen molar-refractivity contribution >= 4 is 29.1 Å². The molecule has 0 spiro atoms. The number of amides is 1. The Kier molecular flexibility index (Phi) is 7.90. The smallest absolute Gasteiger partial charge is 0.255 e. The van der Waals surface area contributed by atoms with Gasteiger partial charge in [-0.3, -0.25) is 9.78 Å². The summed E-state index contributed by atoms with van der Waals surface area (Å²) in [5, 5.41) is 9.94. The zero-order valence-corrected chi connectivity index (χ0v) is 21.2. The third-order valence-electron chi connectivity index (χ3n) is 6.47. The molecule has 1 saturated heterocycles. The summed E-state index contributed by atoms with van der Waals surface area (Å²) in [6.07, 6.45) is 4.72. The summed E-state index contributed by atoms with van der Waals surface area (Å²) in [6.45, 7) is 5.66. The fourth-order valence-electron chi connectivity index (χ4n) is 4.57. The predicted octanol–water partition coefficient (Wildman–Crippen LogP) is 5.85. The van der Waals surface area contributed by atoms with E-state index in [-0.39, 0.29) is 17.7 Å². The maximum atomic E-state index is 13.4. The summed E-state index contributed by atoms with van der Waals surface area (Å²) in [5.74, 6) is 0.706. The van der Waals surface area contributed by atoms with E-state index in [1.54, 1.807) is 24.4 Å². The molecule has 0 N–H and O–H groups in total. The highest BCUT2D eigenvalue weighted by Gasteiger charge is 2.36. The first kappa shape index (κ1) is 25.0. The summed E-state index contributed by atoms with van der Waals surface area (Å²) >= 11 is 12.5. The Labute approximate surface area is 215 Å². The maximum absolute atomic E-state index is 13.4. The van der Waals surface area contributed by atoms with Crippen molar-refractivity contribution in [1.29, 1.82) is 5.26 Å². The first-order valence-corrected chi connectivity index (χ1v) is 12.3. The Morgan fingerprint density at radius 1 is 1.14 bits per heavy atom. The largest absolute Gasteiger partial charge is 0.478 e. The molecule has 1 aliphatic heterocycles. The van der Waals surface area contributed by atoms with E-state index >= 15 is 0 Å². The summed E-state index contributed by atoms with van der Waals surface area (Å²) in [5.41, 5.74) is 4.17. The van der Waals surface area contributed by atoms with Gasteiger partial charge in [-0.2, -0.15) is 5.26 Å². The van der Waals surface area contributed by atoms with Crippen LogP contribution < -0.4 is 4.74 Å². The van der Waals surface area contributed by atoms with Crippen LogP contribution in [0, 0.1) is 24.2 Å². The molecule has 2 atom stereocenters. The number of carbonyl (C=O) groups is 1. The Morgan fingerprint density at radius 3 is 2.63 bits per heavy atom. The van der Waals surface area contributed by atoms with Crippen molar-refractivity contribution in [2.24, 2.45) is 5.92 Å². The van der Waals surface area contributed by atoms with Gasteiger partial charge in [-0.25, -0.2) is 4.98 Å². The van der Waals surface area contributed by atoms with Crippen LogP contribution in [0.15, 0.2) is 48.8 Å². The summed E-state index contributed by atoms with van der Waals surface area (Å²) in [7, 11) is 0. The van der Waals surface area contributed by atoms with E-state index in [2.05, 4.69) is 16.9 Å². The number of hydrogen-bond donors (Lipinski definition) is 0. The van der Waals surface area contributed by atoms with Crippen LogP contribution in [0.4, 0.5) is 0 Å². The second-order valence-corrected chi connectivity index (χ2v) is 9.54. The molecule has 0 aliphatic carbocycles. The van der Waals surface area contributed by atoms with Gasteiger partial charge in [-0.05, 0) is 61.1 Å². The van der Waals surface area contributed by atoms with Gasteiger partial charge >= 0.3 is 0 Å². The van der Waals surface area contributed by atoms with Gasteiger partial charge in [-0.1, -0.05) is 36.2 Å². The van der Waals surface area contributed by atoms with Crippen LogP contribution in [0.25, 0.3) is 0 Å². The molecule has 3 aromatic rings. The summed E-state index contributed by atoms with van der Waals surface area (Å²) in [6, 6.07) is 13.0. The molecular weight excluding hydrogens is 483 g/mol. The van der Waals surface area contributed by atoms with Crippen LogP contribution in [-0.2, 0) is 6.42 Å². The minimum Gasteiger partial charge on any atom is -0.478 e. The van der Waals surface area contributed by atoms with Gasteiger partial charge in [0.15, 0.2) is 0 Å². The van der Waals surface area contributed by atoms with Crippen molar-refractivity contribution in [3.8, 4) is 11.9 Å². The lowest BCUT2D eigenvalue weighted by Gasteiger charge is -2.19. The van der Waals surface area contributed by atoms with Crippen LogP contribution in [0.3, 0.4) is 0 Å². The molecule has 0 bridgehead atoms. The topological polar surface area (TPSA) is 79.1 Å². The molecule has 35 heavy (non-hydrogen) atoms. The molecule has 2 aromatic heterocycles. The fourth-order valence-corrected chi connectivity index (χ4v) is 4.88. The predicted molar refractivity (Wildman–Crippen MR) is 136 cm³/mol.